The Morgan fingerprint density at radius 2 is 2.08 bits per heavy atom. The van der Waals surface area contributed by atoms with Crippen LogP contribution in [0.5, 0.6) is 11.5 Å². The molecule has 0 bridgehead atoms. The van der Waals surface area contributed by atoms with E-state index in [1.54, 1.807) is 32.4 Å². The predicted octanol–water partition coefficient (Wildman–Crippen LogP) is 3.20. The van der Waals surface area contributed by atoms with Crippen LogP contribution in [0.1, 0.15) is 11.1 Å². The van der Waals surface area contributed by atoms with E-state index >= 15 is 0 Å². The molecule has 0 atom stereocenters. The summed E-state index contributed by atoms with van der Waals surface area (Å²) in [5.74, 6) is 1.05. The van der Waals surface area contributed by atoms with Crippen molar-refractivity contribution in [2.45, 2.75) is 13.2 Å². The van der Waals surface area contributed by atoms with Crippen molar-refractivity contribution in [2.75, 3.05) is 12.4 Å². The Morgan fingerprint density at radius 1 is 1.23 bits per heavy atom. The van der Waals surface area contributed by atoms with Gasteiger partial charge in [0, 0.05) is 12.1 Å². The second-order valence-electron chi connectivity index (χ2n) is 5.43. The summed E-state index contributed by atoms with van der Waals surface area (Å²) < 4.78 is 24.9. The van der Waals surface area contributed by atoms with Crippen molar-refractivity contribution >= 4 is 17.5 Å². The highest BCUT2D eigenvalue weighted by Gasteiger charge is 2.11. The summed E-state index contributed by atoms with van der Waals surface area (Å²) in [6.07, 6.45) is 0. The summed E-state index contributed by atoms with van der Waals surface area (Å²) in [5.41, 5.74) is 1.24. The number of tetrazole rings is 1. The van der Waals surface area contributed by atoms with E-state index < -0.39 is 5.82 Å². The summed E-state index contributed by atoms with van der Waals surface area (Å²) in [6, 6.07) is 9.96. The number of methoxy groups -OCH3 is 1. The van der Waals surface area contributed by atoms with Crippen LogP contribution in [-0.2, 0) is 20.2 Å². The Morgan fingerprint density at radius 3 is 2.77 bits per heavy atom. The molecular formula is C17H17ClFN5O2. The van der Waals surface area contributed by atoms with Gasteiger partial charge in [-0.1, -0.05) is 28.8 Å². The molecule has 0 amide bonds. The van der Waals surface area contributed by atoms with Crippen molar-refractivity contribution in [3.63, 3.8) is 0 Å². The fraction of sp³-hybridized carbons (Fsp3) is 0.235. The molecule has 3 rings (SSSR count). The Hall–Kier alpha value is -2.87. The number of ether oxygens (including phenoxy) is 2. The maximum Gasteiger partial charge on any atom is 0.263 e. The number of hydrogen-bond donors (Lipinski definition) is 1. The van der Waals surface area contributed by atoms with Crippen molar-refractivity contribution in [3.05, 3.63) is 58.4 Å². The largest absolute Gasteiger partial charge is 0.493 e. The third-order valence-corrected chi connectivity index (χ3v) is 3.97. The van der Waals surface area contributed by atoms with Crippen LogP contribution in [-0.4, -0.2) is 27.3 Å². The number of aryl methyl sites for hydroxylation is 1. The highest BCUT2D eigenvalue weighted by atomic mass is 35.5. The molecule has 1 aromatic heterocycles. The molecule has 0 fully saturated rings. The molecule has 0 aliphatic carbocycles. The zero-order chi connectivity index (χ0) is 18.5. The van der Waals surface area contributed by atoms with E-state index in [-0.39, 0.29) is 6.61 Å². The molecule has 1 heterocycles. The van der Waals surface area contributed by atoms with E-state index in [2.05, 4.69) is 20.7 Å². The molecule has 0 radical (unpaired) electrons. The highest BCUT2D eigenvalue weighted by molar-refractivity contribution is 6.31. The Bertz CT molecular complexity index is 882. The van der Waals surface area contributed by atoms with Gasteiger partial charge in [-0.05, 0) is 35.0 Å². The number of anilines is 1. The minimum atomic E-state index is -0.409. The normalized spacial score (nSPS) is 10.6. The first-order chi connectivity index (χ1) is 12.6. The van der Waals surface area contributed by atoms with Gasteiger partial charge in [-0.3, -0.25) is 0 Å². The molecule has 7 nitrogen and oxygen atoms in total. The SMILES string of the molecule is COc1cc(CNc2nnn(C)n2)ccc1OCc1c(F)cccc1Cl. The molecule has 26 heavy (non-hydrogen) atoms. The lowest BCUT2D eigenvalue weighted by Crippen LogP contribution is -2.04. The summed E-state index contributed by atoms with van der Waals surface area (Å²) in [5, 5.41) is 15.0. The Labute approximate surface area is 154 Å². The zero-order valence-electron chi connectivity index (χ0n) is 14.2. The van der Waals surface area contributed by atoms with E-state index in [9.17, 15) is 4.39 Å². The number of halogens is 2. The van der Waals surface area contributed by atoms with E-state index in [1.165, 1.54) is 10.9 Å². The van der Waals surface area contributed by atoms with E-state index in [0.29, 0.717) is 34.6 Å². The van der Waals surface area contributed by atoms with E-state index in [1.807, 2.05) is 12.1 Å². The summed E-state index contributed by atoms with van der Waals surface area (Å²) in [7, 11) is 3.23. The quantitative estimate of drug-likeness (QED) is 0.681. The number of hydrogen-bond acceptors (Lipinski definition) is 6. The predicted molar refractivity (Wildman–Crippen MR) is 94.9 cm³/mol. The lowest BCUT2D eigenvalue weighted by molar-refractivity contribution is 0.279. The van der Waals surface area contributed by atoms with Crippen LogP contribution in [0.15, 0.2) is 36.4 Å². The van der Waals surface area contributed by atoms with Gasteiger partial charge in [-0.25, -0.2) is 4.39 Å². The zero-order valence-corrected chi connectivity index (χ0v) is 15.0. The van der Waals surface area contributed by atoms with Gasteiger partial charge in [0.05, 0.1) is 19.2 Å². The minimum absolute atomic E-state index is 0.00296. The monoisotopic (exact) mass is 377 g/mol. The van der Waals surface area contributed by atoms with Crippen LogP contribution >= 0.6 is 11.6 Å². The van der Waals surface area contributed by atoms with Crippen molar-refractivity contribution in [3.8, 4) is 11.5 Å². The lowest BCUT2D eigenvalue weighted by atomic mass is 10.2. The molecule has 0 unspecified atom stereocenters. The fourth-order valence-electron chi connectivity index (χ4n) is 2.30. The van der Waals surface area contributed by atoms with E-state index in [4.69, 9.17) is 21.1 Å². The summed E-state index contributed by atoms with van der Waals surface area (Å²) in [4.78, 5) is 1.37. The van der Waals surface area contributed by atoms with Crippen molar-refractivity contribution in [2.24, 2.45) is 7.05 Å². The van der Waals surface area contributed by atoms with E-state index in [0.717, 1.165) is 5.56 Å². The van der Waals surface area contributed by atoms with Crippen LogP contribution in [0.4, 0.5) is 10.3 Å². The third kappa shape index (κ3) is 4.20. The molecule has 1 N–H and O–H groups in total. The first-order valence-electron chi connectivity index (χ1n) is 7.77. The number of nitrogens with one attached hydrogen (secondary N) is 1. The average molecular weight is 378 g/mol. The van der Waals surface area contributed by atoms with Gasteiger partial charge in [-0.15, -0.1) is 5.10 Å². The summed E-state index contributed by atoms with van der Waals surface area (Å²) >= 11 is 6.02. The Balaban J connectivity index is 1.68. The lowest BCUT2D eigenvalue weighted by Gasteiger charge is -2.13. The molecule has 0 saturated heterocycles. The number of aromatic nitrogens is 4. The maximum atomic E-state index is 13.8. The van der Waals surface area contributed by atoms with Crippen LogP contribution in [0, 0.1) is 5.82 Å². The molecule has 0 saturated carbocycles. The van der Waals surface area contributed by atoms with Crippen molar-refractivity contribution < 1.29 is 13.9 Å². The van der Waals surface area contributed by atoms with Gasteiger partial charge in [0.2, 0.25) is 0 Å². The molecule has 3 aromatic rings. The number of nitrogens with zero attached hydrogens (tertiary/aromatic N) is 4. The van der Waals surface area contributed by atoms with Gasteiger partial charge < -0.3 is 14.8 Å². The average Bonchev–Trinajstić information content (AvgIpc) is 3.05. The third-order valence-electron chi connectivity index (χ3n) is 3.62. The van der Waals surface area contributed by atoms with Crippen LogP contribution < -0.4 is 14.8 Å². The van der Waals surface area contributed by atoms with Crippen LogP contribution in [0.25, 0.3) is 0 Å². The standard InChI is InChI=1S/C17H17ClFN5O2/c1-24-22-17(21-23-24)20-9-11-6-7-15(16(8-11)25-2)26-10-12-13(18)4-3-5-14(12)19/h3-8H,9-10H2,1-2H3,(H,20,22). The molecule has 0 aliphatic heterocycles. The van der Waals surface area contributed by atoms with Gasteiger partial charge in [0.25, 0.3) is 5.95 Å². The molecule has 0 aliphatic rings. The second-order valence-corrected chi connectivity index (χ2v) is 5.84. The van der Waals surface area contributed by atoms with Crippen LogP contribution in [0.2, 0.25) is 5.02 Å². The highest BCUT2D eigenvalue weighted by Crippen LogP contribution is 2.30. The van der Waals surface area contributed by atoms with Crippen LogP contribution in [0.3, 0.4) is 0 Å². The summed E-state index contributed by atoms with van der Waals surface area (Å²) in [6.45, 7) is 0.491. The molecule has 9 heteroatoms. The minimum Gasteiger partial charge on any atom is -0.493 e. The van der Waals surface area contributed by atoms with Crippen molar-refractivity contribution in [1.29, 1.82) is 0 Å². The number of benzene rings is 2. The smallest absolute Gasteiger partial charge is 0.263 e. The Kier molecular flexibility index (Phi) is 5.52. The van der Waals surface area contributed by atoms with Gasteiger partial charge in [0.1, 0.15) is 12.4 Å². The first kappa shape index (κ1) is 17.9. The maximum absolute atomic E-state index is 13.8. The number of rotatable bonds is 7. The molecule has 2 aromatic carbocycles. The molecular weight excluding hydrogens is 361 g/mol. The van der Waals surface area contributed by atoms with Gasteiger partial charge in [-0.2, -0.15) is 4.80 Å². The second kappa shape index (κ2) is 8.01. The van der Waals surface area contributed by atoms with Gasteiger partial charge in [0.15, 0.2) is 11.5 Å². The topological polar surface area (TPSA) is 74.1 Å². The van der Waals surface area contributed by atoms with Gasteiger partial charge >= 0.3 is 0 Å². The molecule has 136 valence electrons. The fourth-order valence-corrected chi connectivity index (χ4v) is 2.51. The first-order valence-corrected chi connectivity index (χ1v) is 8.15. The molecule has 0 spiro atoms. The van der Waals surface area contributed by atoms with Crippen molar-refractivity contribution in [1.82, 2.24) is 20.2 Å².